The van der Waals surface area contributed by atoms with Gasteiger partial charge in [0.15, 0.2) is 5.78 Å². The molecule has 2 saturated heterocycles. The Balaban J connectivity index is 2.07. The molecule has 0 bridgehead atoms. The van der Waals surface area contributed by atoms with Gasteiger partial charge in [0.2, 0.25) is 0 Å². The van der Waals surface area contributed by atoms with Crippen LogP contribution in [0.3, 0.4) is 0 Å². The summed E-state index contributed by atoms with van der Waals surface area (Å²) in [4.78, 5) is 13.0. The molecule has 2 atom stereocenters. The number of ketones is 1. The number of carbonyl (C=O) groups is 1. The van der Waals surface area contributed by atoms with E-state index in [2.05, 4.69) is 16.5 Å². The molecule has 3 nitrogen and oxygen atoms in total. The molecule has 2 fully saturated rings. The summed E-state index contributed by atoms with van der Waals surface area (Å²) in [5, 5.41) is 3.40. The zero-order valence-corrected chi connectivity index (χ0v) is 13.5. The zero-order chi connectivity index (χ0) is 15.3. The molecule has 2 aliphatic rings. The predicted octanol–water partition coefficient (Wildman–Crippen LogP) is 3.15. The Kier molecular flexibility index (Phi) is 3.53. The van der Waals surface area contributed by atoms with E-state index in [0.717, 1.165) is 25.1 Å². The first-order valence-electron chi connectivity index (χ1n) is 7.38. The lowest BCUT2D eigenvalue weighted by Crippen LogP contribution is -2.58. The lowest BCUT2D eigenvalue weighted by molar-refractivity contribution is -0.125. The second-order valence-corrected chi connectivity index (χ2v) is 8.11. The number of nitrogens with one attached hydrogen (secondary N) is 1. The molecule has 3 rings (SSSR count). The summed E-state index contributed by atoms with van der Waals surface area (Å²) in [5.41, 5.74) is 0.264. The largest absolute Gasteiger partial charge is 0.314 e. The number of Topliss-reactive ketones (excluding diaryl/α,β-unsaturated/α-hetero) is 1. The minimum Gasteiger partial charge on any atom is -0.314 e. The molecule has 114 valence electrons. The summed E-state index contributed by atoms with van der Waals surface area (Å²) < 4.78 is 15.2. The van der Waals surface area contributed by atoms with Crippen molar-refractivity contribution < 1.29 is 9.18 Å². The number of nitrogens with zero attached hydrogens (tertiary/aromatic N) is 1. The molecule has 0 saturated carbocycles. The molecule has 2 heterocycles. The van der Waals surface area contributed by atoms with Gasteiger partial charge in [-0.2, -0.15) is 0 Å². The summed E-state index contributed by atoms with van der Waals surface area (Å²) in [7, 11) is 0. The summed E-state index contributed by atoms with van der Waals surface area (Å²) >= 11 is 1.53. The summed E-state index contributed by atoms with van der Waals surface area (Å²) in [5.74, 6) is -0.000000709. The number of carbonyl (C=O) groups excluding carboxylic acids is 1. The van der Waals surface area contributed by atoms with Gasteiger partial charge in [-0.1, -0.05) is 6.07 Å². The average molecular weight is 308 g/mol. The van der Waals surface area contributed by atoms with Gasteiger partial charge < -0.3 is 9.62 Å². The van der Waals surface area contributed by atoms with Gasteiger partial charge in [0, 0.05) is 6.04 Å². The van der Waals surface area contributed by atoms with Gasteiger partial charge in [0.05, 0.1) is 10.4 Å². The standard InChI is InChI=1S/C16H21FN2OS/c1-11-10-16(7-8-18-11)14(20)15(2,3)21-19(16)13-6-4-5-12(17)9-13/h4-6,9,11,18H,7-8,10H2,1-3H3/t11-,16+/m0/s1. The molecule has 1 spiro atoms. The smallest absolute Gasteiger partial charge is 0.176 e. The first-order chi connectivity index (χ1) is 9.85. The molecule has 2 aliphatic heterocycles. The van der Waals surface area contributed by atoms with E-state index in [1.165, 1.54) is 24.1 Å². The molecular weight excluding hydrogens is 287 g/mol. The number of anilines is 1. The van der Waals surface area contributed by atoms with Crippen molar-refractivity contribution >= 4 is 23.4 Å². The predicted molar refractivity (Wildman–Crippen MR) is 85.0 cm³/mol. The van der Waals surface area contributed by atoms with Crippen molar-refractivity contribution in [2.45, 2.75) is 49.9 Å². The fourth-order valence-corrected chi connectivity index (χ4v) is 4.88. The molecule has 0 amide bonds. The van der Waals surface area contributed by atoms with E-state index in [0.29, 0.717) is 0 Å². The van der Waals surface area contributed by atoms with Crippen molar-refractivity contribution in [3.05, 3.63) is 30.1 Å². The van der Waals surface area contributed by atoms with Crippen LogP contribution in [0.4, 0.5) is 10.1 Å². The number of hydrogen-bond donors (Lipinski definition) is 1. The first kappa shape index (κ1) is 14.9. The van der Waals surface area contributed by atoms with Crippen molar-refractivity contribution in [3.8, 4) is 0 Å². The fraction of sp³-hybridized carbons (Fsp3) is 0.562. The molecule has 0 aliphatic carbocycles. The molecule has 5 heteroatoms. The second-order valence-electron chi connectivity index (χ2n) is 6.55. The second kappa shape index (κ2) is 4.99. The molecule has 0 radical (unpaired) electrons. The third kappa shape index (κ3) is 2.36. The van der Waals surface area contributed by atoms with Crippen LogP contribution in [-0.2, 0) is 4.79 Å². The van der Waals surface area contributed by atoms with Crippen molar-refractivity contribution in [1.29, 1.82) is 0 Å². The highest BCUT2D eigenvalue weighted by atomic mass is 32.2. The maximum Gasteiger partial charge on any atom is 0.176 e. The van der Waals surface area contributed by atoms with Crippen LogP contribution < -0.4 is 9.62 Å². The van der Waals surface area contributed by atoms with E-state index in [4.69, 9.17) is 0 Å². The van der Waals surface area contributed by atoms with Crippen LogP contribution in [-0.4, -0.2) is 28.7 Å². The van der Waals surface area contributed by atoms with E-state index in [9.17, 15) is 9.18 Å². The topological polar surface area (TPSA) is 32.3 Å². The highest BCUT2D eigenvalue weighted by Gasteiger charge is 2.59. The van der Waals surface area contributed by atoms with Crippen LogP contribution in [0.5, 0.6) is 0 Å². The Labute approximate surface area is 129 Å². The highest BCUT2D eigenvalue weighted by Crippen LogP contribution is 2.52. The van der Waals surface area contributed by atoms with Gasteiger partial charge in [-0.15, -0.1) is 0 Å². The third-order valence-electron chi connectivity index (χ3n) is 4.40. The van der Waals surface area contributed by atoms with Crippen molar-refractivity contribution in [2.75, 3.05) is 10.8 Å². The van der Waals surface area contributed by atoms with Gasteiger partial charge in [-0.25, -0.2) is 4.39 Å². The Morgan fingerprint density at radius 3 is 2.86 bits per heavy atom. The Hall–Kier alpha value is -1.07. The average Bonchev–Trinajstić information content (AvgIpc) is 2.61. The monoisotopic (exact) mass is 308 g/mol. The van der Waals surface area contributed by atoms with Crippen LogP contribution in [0.2, 0.25) is 0 Å². The molecule has 0 unspecified atom stereocenters. The normalized spacial score (nSPS) is 31.9. The van der Waals surface area contributed by atoms with Crippen LogP contribution >= 0.6 is 11.9 Å². The van der Waals surface area contributed by atoms with Crippen molar-refractivity contribution in [3.63, 3.8) is 0 Å². The Morgan fingerprint density at radius 1 is 1.43 bits per heavy atom. The Bertz CT molecular complexity index is 577. The van der Waals surface area contributed by atoms with Crippen LogP contribution in [0.15, 0.2) is 24.3 Å². The number of hydrogen-bond acceptors (Lipinski definition) is 4. The number of piperidine rings is 1. The van der Waals surface area contributed by atoms with Crippen molar-refractivity contribution in [1.82, 2.24) is 5.32 Å². The van der Waals surface area contributed by atoms with E-state index in [1.807, 2.05) is 19.9 Å². The zero-order valence-electron chi connectivity index (χ0n) is 12.6. The maximum absolute atomic E-state index is 13.6. The van der Waals surface area contributed by atoms with Gasteiger partial charge in [-0.05, 0) is 70.3 Å². The van der Waals surface area contributed by atoms with Gasteiger partial charge in [0.1, 0.15) is 11.4 Å². The summed E-state index contributed by atoms with van der Waals surface area (Å²) in [6, 6.07) is 6.84. The lowest BCUT2D eigenvalue weighted by atomic mass is 9.77. The molecule has 1 N–H and O–H groups in total. The molecular formula is C16H21FN2OS. The van der Waals surface area contributed by atoms with Crippen LogP contribution in [0.1, 0.15) is 33.6 Å². The summed E-state index contributed by atoms with van der Waals surface area (Å²) in [6.07, 6.45) is 1.53. The van der Waals surface area contributed by atoms with E-state index in [-0.39, 0.29) is 17.6 Å². The van der Waals surface area contributed by atoms with Gasteiger partial charge in [0.25, 0.3) is 0 Å². The van der Waals surface area contributed by atoms with Crippen molar-refractivity contribution in [2.24, 2.45) is 0 Å². The summed E-state index contributed by atoms with van der Waals surface area (Å²) in [6.45, 7) is 6.85. The van der Waals surface area contributed by atoms with Crippen LogP contribution in [0, 0.1) is 5.82 Å². The maximum atomic E-state index is 13.6. The van der Waals surface area contributed by atoms with Gasteiger partial charge >= 0.3 is 0 Å². The van der Waals surface area contributed by atoms with E-state index < -0.39 is 10.3 Å². The highest BCUT2D eigenvalue weighted by molar-refractivity contribution is 8.03. The molecule has 0 aromatic heterocycles. The third-order valence-corrected chi connectivity index (χ3v) is 5.78. The number of benzene rings is 1. The van der Waals surface area contributed by atoms with Crippen LogP contribution in [0.25, 0.3) is 0 Å². The molecule has 1 aromatic carbocycles. The number of halogens is 1. The first-order valence-corrected chi connectivity index (χ1v) is 8.16. The number of rotatable bonds is 1. The molecule has 1 aromatic rings. The van der Waals surface area contributed by atoms with E-state index >= 15 is 0 Å². The van der Waals surface area contributed by atoms with Gasteiger partial charge in [-0.3, -0.25) is 4.79 Å². The minimum atomic E-state index is -0.521. The van der Waals surface area contributed by atoms with E-state index in [1.54, 1.807) is 6.07 Å². The fourth-order valence-electron chi connectivity index (χ4n) is 3.51. The Morgan fingerprint density at radius 2 is 2.19 bits per heavy atom. The SMILES string of the molecule is C[C@H]1C[C@]2(CCN1)C(=O)C(C)(C)SN2c1cccc(F)c1. The quantitative estimate of drug-likeness (QED) is 0.808. The molecule has 21 heavy (non-hydrogen) atoms. The lowest BCUT2D eigenvalue weighted by Gasteiger charge is -2.42. The minimum absolute atomic E-state index is 0.262.